The molecule has 9 N–H and O–H groups in total. The van der Waals surface area contributed by atoms with Gasteiger partial charge in [0.15, 0.2) is 0 Å². The standard InChI is InChI=1S/C41H75N5O14/c1-2-3-4-5-6-7-8-10-15-32(39(51)52)16-11-9-12-18-36(48)45-34(41(55)56)19-20-35(47)43-22-24-57-26-28-59-30-37(49)44-23-25-58-27-29-60-31-38(50)46-33(40(53)54)17-13-14-21-42/h32-34H,2-31,42H2,1H3,(H,43,47)(H,44,49)(H,45,48)(H,46,50)(H,51,52)(H,53,54)(H,55,56)/t32?,33-,34-/m0/s1. The van der Waals surface area contributed by atoms with Crippen molar-refractivity contribution in [3.8, 4) is 0 Å². The number of carboxylic acids is 3. The summed E-state index contributed by atoms with van der Waals surface area (Å²) in [5.41, 5.74) is 5.40. The molecule has 0 saturated carbocycles. The number of nitrogens with two attached hydrogens (primary N) is 1. The largest absolute Gasteiger partial charge is 0.481 e. The van der Waals surface area contributed by atoms with Crippen LogP contribution in [0.25, 0.3) is 0 Å². The molecular formula is C41H75N5O14. The fourth-order valence-electron chi connectivity index (χ4n) is 5.99. The summed E-state index contributed by atoms with van der Waals surface area (Å²) in [6.45, 7) is 3.45. The van der Waals surface area contributed by atoms with E-state index in [4.69, 9.17) is 24.7 Å². The molecule has 0 rings (SSSR count). The van der Waals surface area contributed by atoms with Crippen LogP contribution >= 0.6 is 0 Å². The Hall–Kier alpha value is -3.91. The van der Waals surface area contributed by atoms with Crippen molar-refractivity contribution in [3.05, 3.63) is 0 Å². The van der Waals surface area contributed by atoms with E-state index in [-0.39, 0.29) is 103 Å². The van der Waals surface area contributed by atoms with Crippen molar-refractivity contribution in [2.45, 2.75) is 141 Å². The summed E-state index contributed by atoms with van der Waals surface area (Å²) in [5, 5.41) is 38.4. The van der Waals surface area contributed by atoms with Gasteiger partial charge in [0.25, 0.3) is 0 Å². The van der Waals surface area contributed by atoms with Crippen molar-refractivity contribution in [1.82, 2.24) is 21.3 Å². The van der Waals surface area contributed by atoms with Crippen LogP contribution in [0.1, 0.15) is 129 Å². The summed E-state index contributed by atoms with van der Waals surface area (Å²) in [6.07, 6.45) is 13.8. The van der Waals surface area contributed by atoms with Gasteiger partial charge in [-0.3, -0.25) is 24.0 Å². The average molecular weight is 862 g/mol. The zero-order valence-electron chi connectivity index (χ0n) is 35.9. The van der Waals surface area contributed by atoms with E-state index in [1.54, 1.807) is 0 Å². The quantitative estimate of drug-likeness (QED) is 0.0409. The third-order valence-electron chi connectivity index (χ3n) is 9.43. The van der Waals surface area contributed by atoms with Crippen molar-refractivity contribution < 1.29 is 67.8 Å². The normalized spacial score (nSPS) is 12.6. The van der Waals surface area contributed by atoms with E-state index in [9.17, 15) is 48.9 Å². The van der Waals surface area contributed by atoms with Crippen LogP contribution < -0.4 is 27.0 Å². The summed E-state index contributed by atoms with van der Waals surface area (Å²) < 4.78 is 21.1. The third-order valence-corrected chi connectivity index (χ3v) is 9.43. The zero-order chi connectivity index (χ0) is 44.6. The highest BCUT2D eigenvalue weighted by atomic mass is 16.5. The second kappa shape index (κ2) is 39.2. The third kappa shape index (κ3) is 34.9. The first-order chi connectivity index (χ1) is 28.9. The molecule has 0 aromatic heterocycles. The van der Waals surface area contributed by atoms with Crippen molar-refractivity contribution in [3.63, 3.8) is 0 Å². The topological polar surface area (TPSA) is 291 Å². The van der Waals surface area contributed by atoms with Gasteiger partial charge in [-0.1, -0.05) is 71.1 Å². The molecule has 0 saturated heterocycles. The molecule has 0 aliphatic carbocycles. The number of hydrogen-bond donors (Lipinski definition) is 8. The summed E-state index contributed by atoms with van der Waals surface area (Å²) in [7, 11) is 0. The molecule has 0 aliphatic rings. The van der Waals surface area contributed by atoms with Gasteiger partial charge in [0.05, 0.1) is 45.6 Å². The first-order valence-corrected chi connectivity index (χ1v) is 21.7. The number of hydrogen-bond acceptors (Lipinski definition) is 12. The molecule has 0 aromatic rings. The van der Waals surface area contributed by atoms with Crippen LogP contribution in [-0.4, -0.2) is 141 Å². The summed E-state index contributed by atoms with van der Waals surface area (Å²) in [6, 6.07) is -2.21. The molecule has 19 nitrogen and oxygen atoms in total. The maximum Gasteiger partial charge on any atom is 0.326 e. The Bertz CT molecular complexity index is 1190. The first-order valence-electron chi connectivity index (χ1n) is 21.7. The van der Waals surface area contributed by atoms with Gasteiger partial charge in [0.1, 0.15) is 25.3 Å². The highest BCUT2D eigenvalue weighted by Crippen LogP contribution is 2.19. The number of ether oxygens (including phenoxy) is 4. The SMILES string of the molecule is CCCCCCCCCCC(CCCCCC(=O)N[C@@H](CCC(=O)NCCOCCOCC(=O)NCCOCCOCC(=O)N[C@@H](CCCCN)C(=O)O)C(=O)O)C(=O)O. The zero-order valence-corrected chi connectivity index (χ0v) is 35.9. The van der Waals surface area contributed by atoms with Gasteiger partial charge in [0.2, 0.25) is 23.6 Å². The summed E-state index contributed by atoms with van der Waals surface area (Å²) >= 11 is 0. The monoisotopic (exact) mass is 862 g/mol. The Balaban J connectivity index is 3.88. The van der Waals surface area contributed by atoms with E-state index in [2.05, 4.69) is 28.2 Å². The molecule has 0 radical (unpaired) electrons. The molecule has 1 unspecified atom stereocenters. The number of amides is 4. The number of unbranched alkanes of at least 4 members (excludes halogenated alkanes) is 10. The predicted octanol–water partition coefficient (Wildman–Crippen LogP) is 2.52. The lowest BCUT2D eigenvalue weighted by Crippen LogP contribution is -2.42. The number of rotatable bonds is 43. The van der Waals surface area contributed by atoms with Gasteiger partial charge in [0, 0.05) is 25.9 Å². The van der Waals surface area contributed by atoms with Gasteiger partial charge in [-0.25, -0.2) is 9.59 Å². The lowest BCUT2D eigenvalue weighted by atomic mass is 9.94. The minimum Gasteiger partial charge on any atom is -0.481 e. The van der Waals surface area contributed by atoms with Crippen molar-refractivity contribution in [2.75, 3.05) is 72.5 Å². The number of carbonyl (C=O) groups excluding carboxylic acids is 4. The molecule has 3 atom stereocenters. The van der Waals surface area contributed by atoms with E-state index in [1.165, 1.54) is 32.1 Å². The molecule has 0 aromatic carbocycles. The number of carbonyl (C=O) groups is 7. The van der Waals surface area contributed by atoms with Crippen LogP contribution in [0.15, 0.2) is 0 Å². The molecule has 19 heteroatoms. The highest BCUT2D eigenvalue weighted by Gasteiger charge is 2.22. The lowest BCUT2D eigenvalue weighted by molar-refractivity contribution is -0.143. The molecule has 0 fully saturated rings. The van der Waals surface area contributed by atoms with Gasteiger partial charge >= 0.3 is 17.9 Å². The Morgan fingerprint density at radius 1 is 0.467 bits per heavy atom. The number of nitrogens with one attached hydrogen (secondary N) is 4. The highest BCUT2D eigenvalue weighted by molar-refractivity contribution is 5.85. The summed E-state index contributed by atoms with van der Waals surface area (Å²) in [5.74, 6) is -5.25. The molecule has 0 spiro atoms. The van der Waals surface area contributed by atoms with Gasteiger partial charge in [-0.2, -0.15) is 0 Å². The molecule has 0 heterocycles. The van der Waals surface area contributed by atoms with Crippen molar-refractivity contribution in [2.24, 2.45) is 11.7 Å². The van der Waals surface area contributed by atoms with Crippen LogP contribution in [0.3, 0.4) is 0 Å². The average Bonchev–Trinajstić information content (AvgIpc) is 3.20. The van der Waals surface area contributed by atoms with Crippen LogP contribution in [0, 0.1) is 5.92 Å². The van der Waals surface area contributed by atoms with Gasteiger partial charge in [-0.15, -0.1) is 0 Å². The Morgan fingerprint density at radius 2 is 0.933 bits per heavy atom. The second-order valence-corrected chi connectivity index (χ2v) is 14.7. The van der Waals surface area contributed by atoms with E-state index in [1.807, 2.05) is 0 Å². The van der Waals surface area contributed by atoms with Crippen LogP contribution in [-0.2, 0) is 52.5 Å². The predicted molar refractivity (Wildman–Crippen MR) is 222 cm³/mol. The lowest BCUT2D eigenvalue weighted by Gasteiger charge is -2.15. The summed E-state index contributed by atoms with van der Waals surface area (Å²) in [4.78, 5) is 82.9. The Morgan fingerprint density at radius 3 is 1.48 bits per heavy atom. The fourth-order valence-corrected chi connectivity index (χ4v) is 5.99. The van der Waals surface area contributed by atoms with Crippen molar-refractivity contribution in [1.29, 1.82) is 0 Å². The molecule has 0 aliphatic heterocycles. The fraction of sp³-hybridized carbons (Fsp3) is 0.829. The maximum absolute atomic E-state index is 12.4. The van der Waals surface area contributed by atoms with Crippen LogP contribution in [0.4, 0.5) is 0 Å². The molecule has 4 amide bonds. The minimum absolute atomic E-state index is 0.0853. The number of aliphatic carboxylic acids is 3. The van der Waals surface area contributed by atoms with E-state index in [0.717, 1.165) is 19.3 Å². The molecule has 60 heavy (non-hydrogen) atoms. The molecule has 0 bridgehead atoms. The first kappa shape index (κ1) is 56.1. The number of carboxylic acid groups (broad SMARTS) is 3. The van der Waals surface area contributed by atoms with Crippen molar-refractivity contribution >= 4 is 41.5 Å². The Labute approximate surface area is 355 Å². The van der Waals surface area contributed by atoms with Gasteiger partial charge < -0.3 is 61.3 Å². The van der Waals surface area contributed by atoms with E-state index in [0.29, 0.717) is 51.5 Å². The second-order valence-electron chi connectivity index (χ2n) is 14.7. The van der Waals surface area contributed by atoms with Gasteiger partial charge in [-0.05, 0) is 51.5 Å². The van der Waals surface area contributed by atoms with Crippen LogP contribution in [0.2, 0.25) is 0 Å². The minimum atomic E-state index is -1.24. The van der Waals surface area contributed by atoms with Crippen LogP contribution in [0.5, 0.6) is 0 Å². The molecule has 348 valence electrons. The van der Waals surface area contributed by atoms with E-state index >= 15 is 0 Å². The Kier molecular flexibility index (Phi) is 36.7. The maximum atomic E-state index is 12.4. The van der Waals surface area contributed by atoms with E-state index < -0.39 is 47.7 Å². The smallest absolute Gasteiger partial charge is 0.326 e. The molecular weight excluding hydrogens is 786 g/mol.